The van der Waals surface area contributed by atoms with E-state index in [9.17, 15) is 4.79 Å². The number of hydrogen-bond donors (Lipinski definition) is 1. The Labute approximate surface area is 183 Å². The Morgan fingerprint density at radius 3 is 2.74 bits per heavy atom. The molecule has 1 aromatic carbocycles. The van der Waals surface area contributed by atoms with Gasteiger partial charge in [0.2, 0.25) is 5.91 Å². The molecule has 8 heteroatoms. The molecule has 0 unspecified atom stereocenters. The van der Waals surface area contributed by atoms with Gasteiger partial charge in [-0.05, 0) is 17.7 Å². The lowest BCUT2D eigenvalue weighted by Gasteiger charge is -2.00. The lowest BCUT2D eigenvalue weighted by Crippen LogP contribution is -2.14. The van der Waals surface area contributed by atoms with Crippen LogP contribution in [0.1, 0.15) is 22.0 Å². The van der Waals surface area contributed by atoms with Gasteiger partial charge in [0.1, 0.15) is 5.65 Å². The Hall–Kier alpha value is -3.78. The van der Waals surface area contributed by atoms with Crippen LogP contribution in [-0.2, 0) is 24.2 Å². The first kappa shape index (κ1) is 19.2. The maximum Gasteiger partial charge on any atom is 0.230 e. The predicted molar refractivity (Wildman–Crippen MR) is 120 cm³/mol. The van der Waals surface area contributed by atoms with Crippen LogP contribution in [0, 0.1) is 0 Å². The highest BCUT2D eigenvalue weighted by atomic mass is 32.1. The summed E-state index contributed by atoms with van der Waals surface area (Å²) in [5.74, 6) is -0.108. The van der Waals surface area contributed by atoms with Crippen LogP contribution in [0.4, 0.5) is 5.69 Å². The van der Waals surface area contributed by atoms with Gasteiger partial charge in [-0.15, -0.1) is 11.3 Å². The molecular weight excluding hydrogens is 408 g/mol. The van der Waals surface area contributed by atoms with E-state index in [-0.39, 0.29) is 12.3 Å². The highest BCUT2D eigenvalue weighted by molar-refractivity contribution is 7.09. The Bertz CT molecular complexity index is 1290. The second-order valence-electron chi connectivity index (χ2n) is 7.24. The average Bonchev–Trinajstić information content (AvgIpc) is 3.49. The number of imidazole rings is 1. The first-order valence-corrected chi connectivity index (χ1v) is 10.8. The standard InChI is InChI=1S/C23H20N6OS/c30-22(11-18-16-31-23(27-18)10-17-6-2-1-3-7-17)26-19-12-24-29(14-19)15-20-13-28-9-5-4-8-21(28)25-20/h1-9,12-14,16H,10-11,15H2,(H,26,30). The summed E-state index contributed by atoms with van der Waals surface area (Å²) in [6.07, 6.45) is 8.42. The number of anilines is 1. The van der Waals surface area contributed by atoms with Crippen molar-refractivity contribution in [3.05, 3.63) is 101 Å². The van der Waals surface area contributed by atoms with Crippen LogP contribution in [0.3, 0.4) is 0 Å². The molecular formula is C23H20N6OS. The lowest BCUT2D eigenvalue weighted by atomic mass is 10.2. The second-order valence-corrected chi connectivity index (χ2v) is 8.19. The third kappa shape index (κ3) is 4.70. The van der Waals surface area contributed by atoms with Crippen molar-refractivity contribution in [2.24, 2.45) is 0 Å². The fourth-order valence-corrected chi connectivity index (χ4v) is 4.22. The van der Waals surface area contributed by atoms with Crippen molar-refractivity contribution in [3.8, 4) is 0 Å². The summed E-state index contributed by atoms with van der Waals surface area (Å²) in [6.45, 7) is 0.534. The average molecular weight is 429 g/mol. The zero-order valence-corrected chi connectivity index (χ0v) is 17.5. The van der Waals surface area contributed by atoms with E-state index < -0.39 is 0 Å². The Kier molecular flexibility index (Phi) is 5.28. The first-order chi connectivity index (χ1) is 15.2. The maximum absolute atomic E-state index is 12.4. The van der Waals surface area contributed by atoms with E-state index in [0.717, 1.165) is 28.5 Å². The number of pyridine rings is 1. The zero-order chi connectivity index (χ0) is 21.0. The number of thiazole rings is 1. The molecule has 0 atom stereocenters. The minimum atomic E-state index is -0.108. The summed E-state index contributed by atoms with van der Waals surface area (Å²) >= 11 is 1.58. The number of benzene rings is 1. The molecule has 0 saturated carbocycles. The topological polar surface area (TPSA) is 77.1 Å². The number of amides is 1. The van der Waals surface area contributed by atoms with Crippen molar-refractivity contribution < 1.29 is 4.79 Å². The highest BCUT2D eigenvalue weighted by Gasteiger charge is 2.10. The summed E-state index contributed by atoms with van der Waals surface area (Å²) < 4.78 is 3.74. The molecule has 0 aliphatic carbocycles. The number of carbonyl (C=O) groups excluding carboxylic acids is 1. The number of carbonyl (C=O) groups is 1. The fourth-order valence-electron chi connectivity index (χ4n) is 3.40. The van der Waals surface area contributed by atoms with Gasteiger partial charge in [0.25, 0.3) is 0 Å². The highest BCUT2D eigenvalue weighted by Crippen LogP contribution is 2.16. The van der Waals surface area contributed by atoms with Gasteiger partial charge in [-0.2, -0.15) is 5.10 Å². The van der Waals surface area contributed by atoms with Crippen LogP contribution in [-0.4, -0.2) is 30.1 Å². The van der Waals surface area contributed by atoms with Crippen LogP contribution in [0.5, 0.6) is 0 Å². The van der Waals surface area contributed by atoms with E-state index in [4.69, 9.17) is 0 Å². The van der Waals surface area contributed by atoms with Crippen LogP contribution in [0.25, 0.3) is 5.65 Å². The molecule has 1 N–H and O–H groups in total. The number of nitrogens with zero attached hydrogens (tertiary/aromatic N) is 5. The Morgan fingerprint density at radius 2 is 1.87 bits per heavy atom. The van der Waals surface area contributed by atoms with Crippen LogP contribution >= 0.6 is 11.3 Å². The molecule has 0 bridgehead atoms. The number of rotatable bonds is 7. The molecule has 5 rings (SSSR count). The van der Waals surface area contributed by atoms with Gasteiger partial charge < -0.3 is 9.72 Å². The largest absolute Gasteiger partial charge is 0.323 e. The summed E-state index contributed by atoms with van der Waals surface area (Å²) in [7, 11) is 0. The minimum absolute atomic E-state index is 0.108. The van der Waals surface area contributed by atoms with E-state index in [1.54, 1.807) is 22.2 Å². The molecule has 0 spiro atoms. The lowest BCUT2D eigenvalue weighted by molar-refractivity contribution is -0.115. The van der Waals surface area contributed by atoms with Gasteiger partial charge in [-0.25, -0.2) is 9.97 Å². The van der Waals surface area contributed by atoms with E-state index in [2.05, 4.69) is 32.5 Å². The summed E-state index contributed by atoms with van der Waals surface area (Å²) in [5.41, 5.74) is 4.46. The maximum atomic E-state index is 12.4. The van der Waals surface area contributed by atoms with E-state index in [1.165, 1.54) is 5.56 Å². The summed E-state index contributed by atoms with van der Waals surface area (Å²) in [6, 6.07) is 16.1. The van der Waals surface area contributed by atoms with Crippen LogP contribution < -0.4 is 5.32 Å². The van der Waals surface area contributed by atoms with Crippen molar-refractivity contribution in [3.63, 3.8) is 0 Å². The second kappa shape index (κ2) is 8.53. The van der Waals surface area contributed by atoms with Gasteiger partial charge >= 0.3 is 0 Å². The molecule has 0 saturated heterocycles. The molecule has 7 nitrogen and oxygen atoms in total. The first-order valence-electron chi connectivity index (χ1n) is 9.93. The number of hydrogen-bond acceptors (Lipinski definition) is 5. The van der Waals surface area contributed by atoms with Crippen molar-refractivity contribution in [2.75, 3.05) is 5.32 Å². The molecule has 154 valence electrons. The Morgan fingerprint density at radius 1 is 1.00 bits per heavy atom. The van der Waals surface area contributed by atoms with Crippen molar-refractivity contribution >= 4 is 28.6 Å². The van der Waals surface area contributed by atoms with Crippen LogP contribution in [0.2, 0.25) is 0 Å². The number of aromatic nitrogens is 5. The molecule has 4 aromatic heterocycles. The van der Waals surface area contributed by atoms with Gasteiger partial charge in [0, 0.05) is 30.4 Å². The molecule has 0 radical (unpaired) electrons. The smallest absolute Gasteiger partial charge is 0.230 e. The van der Waals surface area contributed by atoms with Gasteiger partial charge in [0.15, 0.2) is 0 Å². The van der Waals surface area contributed by atoms with Gasteiger partial charge in [-0.1, -0.05) is 36.4 Å². The predicted octanol–water partition coefficient (Wildman–Crippen LogP) is 3.81. The molecule has 4 heterocycles. The quantitative estimate of drug-likeness (QED) is 0.428. The number of nitrogens with one attached hydrogen (secondary N) is 1. The summed E-state index contributed by atoms with van der Waals surface area (Å²) in [5, 5.41) is 10.2. The van der Waals surface area contributed by atoms with Crippen molar-refractivity contribution in [1.29, 1.82) is 0 Å². The molecule has 0 aliphatic heterocycles. The third-order valence-corrected chi connectivity index (χ3v) is 5.69. The fraction of sp³-hybridized carbons (Fsp3) is 0.130. The molecule has 5 aromatic rings. The van der Waals surface area contributed by atoms with Gasteiger partial charge in [0.05, 0.1) is 41.2 Å². The Balaban J connectivity index is 1.17. The van der Waals surface area contributed by atoms with Crippen molar-refractivity contribution in [2.45, 2.75) is 19.4 Å². The van der Waals surface area contributed by atoms with E-state index >= 15 is 0 Å². The zero-order valence-electron chi connectivity index (χ0n) is 16.7. The molecule has 0 aliphatic rings. The normalized spacial score (nSPS) is 11.1. The molecule has 1 amide bonds. The van der Waals surface area contributed by atoms with E-state index in [1.807, 2.05) is 64.8 Å². The van der Waals surface area contributed by atoms with Crippen molar-refractivity contribution in [1.82, 2.24) is 24.1 Å². The monoisotopic (exact) mass is 428 g/mol. The third-order valence-electron chi connectivity index (χ3n) is 4.79. The van der Waals surface area contributed by atoms with E-state index in [0.29, 0.717) is 12.2 Å². The SMILES string of the molecule is O=C(Cc1csc(Cc2ccccc2)n1)Nc1cnn(Cc2cn3ccccc3n2)c1. The summed E-state index contributed by atoms with van der Waals surface area (Å²) in [4.78, 5) is 21.6. The molecule has 0 fully saturated rings. The molecule has 31 heavy (non-hydrogen) atoms. The minimum Gasteiger partial charge on any atom is -0.323 e. The van der Waals surface area contributed by atoms with Crippen LogP contribution in [0.15, 0.2) is 78.7 Å². The number of fused-ring (bicyclic) bond motifs is 1. The van der Waals surface area contributed by atoms with Gasteiger partial charge in [-0.3, -0.25) is 9.48 Å².